The fraction of sp³-hybridized carbons (Fsp3) is 1.00. The zero-order valence-corrected chi connectivity index (χ0v) is 9.29. The molecule has 0 rings (SSSR count). The van der Waals surface area contributed by atoms with Crippen LogP contribution in [0.25, 0.3) is 0 Å². The van der Waals surface area contributed by atoms with Gasteiger partial charge in [-0.2, -0.15) is 0 Å². The Balaban J connectivity index is 4.07. The van der Waals surface area contributed by atoms with Crippen molar-refractivity contribution in [2.24, 2.45) is 11.5 Å². The van der Waals surface area contributed by atoms with E-state index in [-0.39, 0.29) is 19.2 Å². The van der Waals surface area contributed by atoms with Crippen molar-refractivity contribution in [2.45, 2.75) is 26.1 Å². The maximum absolute atomic E-state index is 11.6. The Hall–Kier alpha value is 0.0700. The van der Waals surface area contributed by atoms with Crippen LogP contribution >= 0.6 is 7.60 Å². The lowest BCUT2D eigenvalue weighted by Crippen LogP contribution is -2.31. The first-order chi connectivity index (χ1) is 5.91. The Kier molecular flexibility index (Phi) is 5.76. The fourth-order valence-corrected chi connectivity index (χ4v) is 2.39. The van der Waals surface area contributed by atoms with E-state index < -0.39 is 13.7 Å². The summed E-state index contributed by atoms with van der Waals surface area (Å²) in [7, 11) is -3.00. The normalized spacial score (nSPS) is 16.5. The maximum Gasteiger partial charge on any atom is 0.328 e. The quantitative estimate of drug-likeness (QED) is 0.624. The van der Waals surface area contributed by atoms with Crippen LogP contribution in [-0.2, 0) is 13.6 Å². The van der Waals surface area contributed by atoms with Crippen LogP contribution in [0.15, 0.2) is 0 Å². The molecule has 0 aliphatic carbocycles. The first-order valence-electron chi connectivity index (χ1n) is 4.25. The van der Waals surface area contributed by atoms with E-state index in [1.807, 2.05) is 0 Å². The average Bonchev–Trinajstić information content (AvgIpc) is 1.97. The molecule has 13 heavy (non-hydrogen) atoms. The standard InChI is InChI=1S/C7H19N2O3P/c1-6(2)11-13(3,10)12-7(4-8)5-9/h6-7H,4-5,8-9H2,1-3H3. The van der Waals surface area contributed by atoms with Crippen molar-refractivity contribution in [1.29, 1.82) is 0 Å². The van der Waals surface area contributed by atoms with Crippen LogP contribution in [0.3, 0.4) is 0 Å². The van der Waals surface area contributed by atoms with E-state index in [1.54, 1.807) is 13.8 Å². The highest BCUT2D eigenvalue weighted by Gasteiger charge is 2.22. The predicted molar refractivity (Wildman–Crippen MR) is 52.7 cm³/mol. The molecule has 4 N–H and O–H groups in total. The van der Waals surface area contributed by atoms with Gasteiger partial charge in [-0.15, -0.1) is 0 Å². The van der Waals surface area contributed by atoms with Crippen molar-refractivity contribution in [3.63, 3.8) is 0 Å². The molecule has 0 heterocycles. The van der Waals surface area contributed by atoms with Crippen molar-refractivity contribution >= 4 is 7.60 Å². The summed E-state index contributed by atoms with van der Waals surface area (Å²) in [5.41, 5.74) is 10.7. The molecule has 0 aromatic heterocycles. The lowest BCUT2D eigenvalue weighted by Gasteiger charge is -2.21. The second kappa shape index (κ2) is 5.73. The lowest BCUT2D eigenvalue weighted by molar-refractivity contribution is 0.136. The van der Waals surface area contributed by atoms with Crippen molar-refractivity contribution < 1.29 is 13.6 Å². The van der Waals surface area contributed by atoms with Crippen LogP contribution in [0, 0.1) is 0 Å². The fourth-order valence-electron chi connectivity index (χ4n) is 0.861. The molecule has 1 atom stereocenters. The first-order valence-corrected chi connectivity index (χ1v) is 6.24. The zero-order valence-electron chi connectivity index (χ0n) is 8.40. The summed E-state index contributed by atoms with van der Waals surface area (Å²) in [6, 6.07) is 0. The summed E-state index contributed by atoms with van der Waals surface area (Å²) in [5.74, 6) is 0. The van der Waals surface area contributed by atoms with Gasteiger partial charge in [0.1, 0.15) is 0 Å². The van der Waals surface area contributed by atoms with E-state index in [2.05, 4.69) is 0 Å². The third-order valence-corrected chi connectivity index (χ3v) is 2.75. The molecule has 0 spiro atoms. The maximum atomic E-state index is 11.6. The minimum atomic E-state index is -3.00. The van der Waals surface area contributed by atoms with Crippen molar-refractivity contribution in [3.05, 3.63) is 0 Å². The molecule has 0 aromatic carbocycles. The van der Waals surface area contributed by atoms with Gasteiger partial charge in [0, 0.05) is 19.8 Å². The minimum absolute atomic E-state index is 0.132. The first kappa shape index (κ1) is 13.1. The Morgan fingerprint density at radius 3 is 2.00 bits per heavy atom. The largest absolute Gasteiger partial charge is 0.328 e. The van der Waals surface area contributed by atoms with Gasteiger partial charge in [-0.05, 0) is 13.8 Å². The van der Waals surface area contributed by atoms with Gasteiger partial charge < -0.3 is 20.5 Å². The van der Waals surface area contributed by atoms with Gasteiger partial charge in [0.15, 0.2) is 0 Å². The molecule has 0 aliphatic heterocycles. The van der Waals surface area contributed by atoms with Crippen LogP contribution in [-0.4, -0.2) is 32.0 Å². The highest BCUT2D eigenvalue weighted by Crippen LogP contribution is 2.46. The number of nitrogens with two attached hydrogens (primary N) is 2. The van der Waals surface area contributed by atoms with E-state index in [0.717, 1.165) is 0 Å². The van der Waals surface area contributed by atoms with E-state index in [1.165, 1.54) is 6.66 Å². The van der Waals surface area contributed by atoms with E-state index in [9.17, 15) is 4.57 Å². The molecule has 5 nitrogen and oxygen atoms in total. The van der Waals surface area contributed by atoms with Crippen molar-refractivity contribution in [1.82, 2.24) is 0 Å². The molecule has 0 amide bonds. The second-order valence-corrected chi connectivity index (χ2v) is 5.09. The summed E-state index contributed by atoms with van der Waals surface area (Å²) in [6.45, 7) is 5.50. The van der Waals surface area contributed by atoms with Crippen LogP contribution in [0.1, 0.15) is 13.8 Å². The van der Waals surface area contributed by atoms with Crippen molar-refractivity contribution in [2.75, 3.05) is 19.8 Å². The van der Waals surface area contributed by atoms with Crippen LogP contribution < -0.4 is 11.5 Å². The third-order valence-electron chi connectivity index (χ3n) is 1.27. The number of rotatable bonds is 6. The predicted octanol–water partition coefficient (Wildman–Crippen LogP) is 0.537. The SMILES string of the molecule is CC(C)OP(C)(=O)OC(CN)CN. The van der Waals surface area contributed by atoms with Crippen molar-refractivity contribution in [3.8, 4) is 0 Å². The molecule has 6 heteroatoms. The van der Waals surface area contributed by atoms with Gasteiger partial charge in [-0.3, -0.25) is 4.57 Å². The smallest absolute Gasteiger partial charge is 0.328 e. The Morgan fingerprint density at radius 2 is 1.69 bits per heavy atom. The molecule has 0 aromatic rings. The molecule has 0 radical (unpaired) electrons. The van der Waals surface area contributed by atoms with Gasteiger partial charge in [0.25, 0.3) is 0 Å². The van der Waals surface area contributed by atoms with Crippen LogP contribution in [0.5, 0.6) is 0 Å². The Morgan fingerprint density at radius 1 is 1.23 bits per heavy atom. The van der Waals surface area contributed by atoms with Crippen LogP contribution in [0.2, 0.25) is 0 Å². The molecule has 0 aliphatic rings. The summed E-state index contributed by atoms with van der Waals surface area (Å²) in [4.78, 5) is 0. The Bertz CT molecular complexity index is 183. The summed E-state index contributed by atoms with van der Waals surface area (Å²) < 4.78 is 21.8. The molecule has 0 bridgehead atoms. The number of hydrogen-bond acceptors (Lipinski definition) is 5. The van der Waals surface area contributed by atoms with Gasteiger partial charge in [0.05, 0.1) is 12.2 Å². The molecule has 0 fully saturated rings. The molecular formula is C7H19N2O3P. The molecule has 0 saturated heterocycles. The van der Waals surface area contributed by atoms with Gasteiger partial charge in [-0.25, -0.2) is 0 Å². The van der Waals surface area contributed by atoms with E-state index >= 15 is 0 Å². The molecule has 1 unspecified atom stereocenters. The molecule has 80 valence electrons. The average molecular weight is 210 g/mol. The third kappa shape index (κ3) is 6.18. The minimum Gasteiger partial charge on any atom is -0.328 e. The van der Waals surface area contributed by atoms with E-state index in [4.69, 9.17) is 20.5 Å². The topological polar surface area (TPSA) is 87.6 Å². The molecular weight excluding hydrogens is 191 g/mol. The Labute approximate surface area is 79.3 Å². The summed E-state index contributed by atoms with van der Waals surface area (Å²) in [6.07, 6.45) is -0.526. The van der Waals surface area contributed by atoms with Crippen LogP contribution in [0.4, 0.5) is 0 Å². The summed E-state index contributed by atoms with van der Waals surface area (Å²) >= 11 is 0. The lowest BCUT2D eigenvalue weighted by atomic mass is 10.4. The summed E-state index contributed by atoms with van der Waals surface area (Å²) in [5, 5.41) is 0. The monoisotopic (exact) mass is 210 g/mol. The zero-order chi connectivity index (χ0) is 10.5. The highest BCUT2D eigenvalue weighted by atomic mass is 31.2. The second-order valence-electron chi connectivity index (χ2n) is 3.12. The van der Waals surface area contributed by atoms with Gasteiger partial charge in [-0.1, -0.05) is 0 Å². The van der Waals surface area contributed by atoms with Gasteiger partial charge >= 0.3 is 7.60 Å². The van der Waals surface area contributed by atoms with Gasteiger partial charge in [0.2, 0.25) is 0 Å². The van der Waals surface area contributed by atoms with E-state index in [0.29, 0.717) is 0 Å². The molecule has 0 saturated carbocycles. The number of hydrogen-bond donors (Lipinski definition) is 2. The highest BCUT2D eigenvalue weighted by molar-refractivity contribution is 7.53.